The van der Waals surface area contributed by atoms with Gasteiger partial charge in [-0.05, 0) is 38.0 Å². The van der Waals surface area contributed by atoms with Crippen molar-refractivity contribution in [2.45, 2.75) is 46.1 Å². The quantitative estimate of drug-likeness (QED) is 0.499. The summed E-state index contributed by atoms with van der Waals surface area (Å²) in [4.78, 5) is 27.4. The van der Waals surface area contributed by atoms with E-state index in [0.717, 1.165) is 25.0 Å². The fourth-order valence-corrected chi connectivity index (χ4v) is 3.66. The van der Waals surface area contributed by atoms with Gasteiger partial charge in [-0.25, -0.2) is 0 Å². The predicted octanol–water partition coefficient (Wildman–Crippen LogP) is 3.47. The van der Waals surface area contributed by atoms with Crippen molar-refractivity contribution in [3.05, 3.63) is 34.7 Å². The van der Waals surface area contributed by atoms with Crippen LogP contribution in [-0.4, -0.2) is 46.8 Å². The Morgan fingerprint density at radius 1 is 1.12 bits per heavy atom. The highest BCUT2D eigenvalue weighted by molar-refractivity contribution is 8.04. The smallest absolute Gasteiger partial charge is 0.267 e. The molecule has 6 heteroatoms. The van der Waals surface area contributed by atoms with E-state index in [1.807, 2.05) is 38.1 Å². The first-order valence-electron chi connectivity index (χ1n) is 9.10. The zero-order chi connectivity index (χ0) is 19.1. The maximum absolute atomic E-state index is 12.9. The van der Waals surface area contributed by atoms with Gasteiger partial charge >= 0.3 is 0 Å². The van der Waals surface area contributed by atoms with E-state index in [-0.39, 0.29) is 24.5 Å². The average molecular weight is 378 g/mol. The first-order chi connectivity index (χ1) is 12.5. The van der Waals surface area contributed by atoms with Gasteiger partial charge in [0.25, 0.3) is 11.8 Å². The number of aliphatic hydroxyl groups is 1. The summed E-state index contributed by atoms with van der Waals surface area (Å²) in [5.74, 6) is 0.617. The van der Waals surface area contributed by atoms with E-state index in [0.29, 0.717) is 28.3 Å². The number of nitrogens with zero attached hydrogens (tertiary/aromatic N) is 1. The molecule has 1 aromatic carbocycles. The Morgan fingerprint density at radius 2 is 1.81 bits per heavy atom. The Labute approximate surface area is 159 Å². The van der Waals surface area contributed by atoms with Gasteiger partial charge in [0.15, 0.2) is 0 Å². The molecule has 0 unspecified atom stereocenters. The van der Waals surface area contributed by atoms with Gasteiger partial charge in [-0.15, -0.1) is 11.8 Å². The molecule has 0 spiro atoms. The van der Waals surface area contributed by atoms with Crippen LogP contribution in [0.4, 0.5) is 0 Å². The first-order valence-corrected chi connectivity index (χ1v) is 10.1. The van der Waals surface area contributed by atoms with Crippen LogP contribution in [0.1, 0.15) is 45.6 Å². The molecule has 1 aliphatic heterocycles. The molecule has 1 aromatic rings. The molecule has 26 heavy (non-hydrogen) atoms. The van der Waals surface area contributed by atoms with Crippen molar-refractivity contribution in [3.8, 4) is 5.75 Å². The molecular weight excluding hydrogens is 350 g/mol. The second-order valence-electron chi connectivity index (χ2n) is 6.44. The fraction of sp³-hybridized carbons (Fsp3) is 0.500. The van der Waals surface area contributed by atoms with Gasteiger partial charge < -0.3 is 9.84 Å². The number of carbonyl (C=O) groups excluding carboxylic acids is 2. The van der Waals surface area contributed by atoms with Crippen molar-refractivity contribution in [2.75, 3.05) is 18.9 Å². The minimum atomic E-state index is -0.248. The maximum atomic E-state index is 12.9. The number of rotatable bonds is 10. The molecule has 0 fully saturated rings. The Balaban J connectivity index is 2.29. The highest BCUT2D eigenvalue weighted by atomic mass is 32.2. The number of amides is 2. The largest absolute Gasteiger partial charge is 0.491 e. The number of aliphatic hydroxyl groups excluding tert-OH is 1. The predicted molar refractivity (Wildman–Crippen MR) is 105 cm³/mol. The van der Waals surface area contributed by atoms with Crippen molar-refractivity contribution in [1.82, 2.24) is 4.90 Å². The topological polar surface area (TPSA) is 66.8 Å². The SMILES string of the molecule is CCCCCN1C(=O)C(SCCO)=C(c2ccc(OC(C)C)cc2)C1=O. The third-order valence-corrected chi connectivity index (χ3v) is 5.02. The van der Waals surface area contributed by atoms with Crippen LogP contribution in [0, 0.1) is 0 Å². The van der Waals surface area contributed by atoms with Crippen LogP contribution in [0.15, 0.2) is 29.2 Å². The fourth-order valence-electron chi connectivity index (χ4n) is 2.79. The number of ether oxygens (including phenoxy) is 1. The van der Waals surface area contributed by atoms with Gasteiger partial charge in [0.05, 0.1) is 23.2 Å². The van der Waals surface area contributed by atoms with Crippen LogP contribution in [0.3, 0.4) is 0 Å². The lowest BCUT2D eigenvalue weighted by molar-refractivity contribution is -0.136. The van der Waals surface area contributed by atoms with Crippen LogP contribution < -0.4 is 4.74 Å². The standard InChI is InChI=1S/C20H27NO4S/c1-4-5-6-11-21-19(23)17(18(20(21)24)26-13-12-22)15-7-9-16(10-8-15)25-14(2)3/h7-10,14,22H,4-6,11-13H2,1-3H3. The highest BCUT2D eigenvalue weighted by Crippen LogP contribution is 2.36. The molecule has 1 heterocycles. The average Bonchev–Trinajstić information content (AvgIpc) is 2.84. The van der Waals surface area contributed by atoms with Gasteiger partial charge in [0, 0.05) is 12.3 Å². The zero-order valence-electron chi connectivity index (χ0n) is 15.7. The van der Waals surface area contributed by atoms with E-state index in [4.69, 9.17) is 9.84 Å². The van der Waals surface area contributed by atoms with Crippen molar-refractivity contribution < 1.29 is 19.4 Å². The van der Waals surface area contributed by atoms with Crippen LogP contribution >= 0.6 is 11.8 Å². The summed E-state index contributed by atoms with van der Waals surface area (Å²) in [5.41, 5.74) is 1.14. The van der Waals surface area contributed by atoms with E-state index < -0.39 is 0 Å². The maximum Gasteiger partial charge on any atom is 0.267 e. The molecule has 0 saturated heterocycles. The number of benzene rings is 1. The molecule has 2 amide bonds. The number of imide groups is 1. The minimum Gasteiger partial charge on any atom is -0.491 e. The van der Waals surface area contributed by atoms with E-state index in [2.05, 4.69) is 6.92 Å². The zero-order valence-corrected chi connectivity index (χ0v) is 16.5. The molecule has 142 valence electrons. The summed E-state index contributed by atoms with van der Waals surface area (Å²) in [6.07, 6.45) is 2.88. The summed E-state index contributed by atoms with van der Waals surface area (Å²) in [5, 5.41) is 9.13. The molecule has 5 nitrogen and oxygen atoms in total. The second-order valence-corrected chi connectivity index (χ2v) is 7.54. The molecule has 1 aliphatic rings. The Morgan fingerprint density at radius 3 is 2.38 bits per heavy atom. The lowest BCUT2D eigenvalue weighted by atomic mass is 10.1. The van der Waals surface area contributed by atoms with Gasteiger partial charge in [-0.3, -0.25) is 14.5 Å². The molecule has 0 bridgehead atoms. The minimum absolute atomic E-state index is 0.0417. The first kappa shape index (κ1) is 20.5. The monoisotopic (exact) mass is 377 g/mol. The summed E-state index contributed by atoms with van der Waals surface area (Å²) in [6.45, 7) is 6.38. The third-order valence-electron chi connectivity index (χ3n) is 3.96. The molecule has 2 rings (SSSR count). The summed E-state index contributed by atoms with van der Waals surface area (Å²) >= 11 is 1.24. The second kappa shape index (κ2) is 9.78. The molecule has 0 radical (unpaired) electrons. The summed E-state index contributed by atoms with van der Waals surface area (Å²) < 4.78 is 5.64. The van der Waals surface area contributed by atoms with E-state index in [1.54, 1.807) is 0 Å². The van der Waals surface area contributed by atoms with Crippen LogP contribution in [0.25, 0.3) is 5.57 Å². The molecule has 0 aromatic heterocycles. The molecule has 0 aliphatic carbocycles. The molecular formula is C20H27NO4S. The summed E-state index contributed by atoms with van der Waals surface area (Å²) in [7, 11) is 0. The van der Waals surface area contributed by atoms with Crippen molar-refractivity contribution in [2.24, 2.45) is 0 Å². The molecule has 0 saturated carbocycles. The van der Waals surface area contributed by atoms with Crippen LogP contribution in [-0.2, 0) is 9.59 Å². The Bertz CT molecular complexity index is 667. The van der Waals surface area contributed by atoms with Crippen molar-refractivity contribution in [3.63, 3.8) is 0 Å². The number of unbranched alkanes of at least 4 members (excludes halogenated alkanes) is 2. The van der Waals surface area contributed by atoms with Gasteiger partial charge in [-0.1, -0.05) is 31.9 Å². The van der Waals surface area contributed by atoms with Crippen molar-refractivity contribution >= 4 is 29.1 Å². The Kier molecular flexibility index (Phi) is 7.72. The Hall–Kier alpha value is -1.79. The number of thioether (sulfide) groups is 1. The van der Waals surface area contributed by atoms with E-state index in [1.165, 1.54) is 16.7 Å². The molecule has 0 atom stereocenters. The van der Waals surface area contributed by atoms with E-state index in [9.17, 15) is 9.59 Å². The van der Waals surface area contributed by atoms with E-state index >= 15 is 0 Å². The van der Waals surface area contributed by atoms with Crippen molar-refractivity contribution in [1.29, 1.82) is 0 Å². The lowest BCUT2D eigenvalue weighted by Crippen LogP contribution is -2.32. The van der Waals surface area contributed by atoms with Crippen LogP contribution in [0.2, 0.25) is 0 Å². The number of carbonyl (C=O) groups is 2. The van der Waals surface area contributed by atoms with Crippen LogP contribution in [0.5, 0.6) is 5.75 Å². The lowest BCUT2D eigenvalue weighted by Gasteiger charge is -2.14. The normalized spacial score (nSPS) is 14.7. The number of hydrogen-bond acceptors (Lipinski definition) is 5. The van der Waals surface area contributed by atoms with Gasteiger partial charge in [0.1, 0.15) is 5.75 Å². The summed E-state index contributed by atoms with van der Waals surface area (Å²) in [6, 6.07) is 7.25. The van der Waals surface area contributed by atoms with Gasteiger partial charge in [-0.2, -0.15) is 0 Å². The highest BCUT2D eigenvalue weighted by Gasteiger charge is 2.38. The third kappa shape index (κ3) is 4.89. The molecule has 1 N–H and O–H groups in total. The number of hydrogen-bond donors (Lipinski definition) is 1. The van der Waals surface area contributed by atoms with Gasteiger partial charge in [0.2, 0.25) is 0 Å².